The van der Waals surface area contributed by atoms with E-state index in [1.165, 1.54) is 7.11 Å². The highest BCUT2D eigenvalue weighted by molar-refractivity contribution is 5.92. The minimum Gasteiger partial charge on any atom is -0.467 e. The molecule has 5 rings (SSSR count). The molecule has 1 aromatic heterocycles. The maximum atomic E-state index is 13.5. The van der Waals surface area contributed by atoms with Gasteiger partial charge in [0.15, 0.2) is 0 Å². The van der Waals surface area contributed by atoms with Crippen LogP contribution >= 0.6 is 0 Å². The lowest BCUT2D eigenvalue weighted by Crippen LogP contribution is -2.54. The van der Waals surface area contributed by atoms with Crippen molar-refractivity contribution in [3.63, 3.8) is 0 Å². The standard InChI is InChI=1S/C21H25N3O3/c1-12-10-17-19-14(13-6-3-4-7-15(13)22-19)11-18(21(26)27-2)24(17)20(25)16-8-5-9-23(12)16/h3-4,6-7,12,16-18,22H,5,8-11H2,1-2H3/t12-,16+,17+,18+/m1/s1. The Kier molecular flexibility index (Phi) is 3.79. The molecule has 0 radical (unpaired) electrons. The second-order valence-corrected chi connectivity index (χ2v) is 8.05. The Hall–Kier alpha value is -2.34. The Bertz CT molecular complexity index is 921. The van der Waals surface area contributed by atoms with E-state index in [1.807, 2.05) is 17.0 Å². The lowest BCUT2D eigenvalue weighted by atomic mass is 9.88. The molecule has 0 aliphatic carbocycles. The molecule has 2 saturated heterocycles. The maximum absolute atomic E-state index is 13.5. The van der Waals surface area contributed by atoms with Gasteiger partial charge in [-0.25, -0.2) is 4.79 Å². The van der Waals surface area contributed by atoms with Crippen molar-refractivity contribution >= 4 is 22.8 Å². The van der Waals surface area contributed by atoms with Crippen molar-refractivity contribution in [2.24, 2.45) is 0 Å². The van der Waals surface area contributed by atoms with Gasteiger partial charge in [0.2, 0.25) is 5.91 Å². The maximum Gasteiger partial charge on any atom is 0.328 e. The molecule has 142 valence electrons. The first-order valence-corrected chi connectivity index (χ1v) is 9.85. The van der Waals surface area contributed by atoms with Gasteiger partial charge in [0.25, 0.3) is 0 Å². The lowest BCUT2D eigenvalue weighted by molar-refractivity contribution is -0.156. The molecule has 1 amide bonds. The molecule has 1 aromatic carbocycles. The third-order valence-corrected chi connectivity index (χ3v) is 6.69. The first-order valence-electron chi connectivity index (χ1n) is 9.85. The number of rotatable bonds is 1. The molecule has 27 heavy (non-hydrogen) atoms. The zero-order valence-electron chi connectivity index (χ0n) is 15.8. The van der Waals surface area contributed by atoms with E-state index in [2.05, 4.69) is 28.9 Å². The fraction of sp³-hybridized carbons (Fsp3) is 0.524. The van der Waals surface area contributed by atoms with E-state index in [4.69, 9.17) is 4.74 Å². The quantitative estimate of drug-likeness (QED) is 0.786. The number of aromatic amines is 1. The van der Waals surface area contributed by atoms with E-state index in [0.717, 1.165) is 48.0 Å². The van der Waals surface area contributed by atoms with Crippen molar-refractivity contribution in [2.75, 3.05) is 13.7 Å². The molecule has 0 saturated carbocycles. The SMILES string of the molecule is COC(=O)[C@@H]1Cc2c([nH]c3ccccc23)[C@@H]2C[C@@H](C)N3CCC[C@H]3C(=O)N12. The molecule has 3 aliphatic heterocycles. The second-order valence-electron chi connectivity index (χ2n) is 8.05. The van der Waals surface area contributed by atoms with Gasteiger partial charge in [0.1, 0.15) is 6.04 Å². The van der Waals surface area contributed by atoms with Crippen LogP contribution in [0, 0.1) is 0 Å². The largest absolute Gasteiger partial charge is 0.467 e. The third-order valence-electron chi connectivity index (χ3n) is 6.69. The van der Waals surface area contributed by atoms with Crippen molar-refractivity contribution in [3.8, 4) is 0 Å². The number of benzene rings is 1. The average Bonchev–Trinajstić information content (AvgIpc) is 3.29. The molecule has 1 N–H and O–H groups in total. The van der Waals surface area contributed by atoms with Crippen LogP contribution in [0.25, 0.3) is 10.9 Å². The molecule has 0 spiro atoms. The molecule has 2 aromatic rings. The number of nitrogens with zero attached hydrogens (tertiary/aromatic N) is 2. The molecule has 0 bridgehead atoms. The normalized spacial score (nSPS) is 30.6. The van der Waals surface area contributed by atoms with Gasteiger partial charge in [0, 0.05) is 29.1 Å². The number of hydrogen-bond donors (Lipinski definition) is 1. The topological polar surface area (TPSA) is 65.6 Å². The number of methoxy groups -OCH3 is 1. The predicted molar refractivity (Wildman–Crippen MR) is 101 cm³/mol. The fourth-order valence-electron chi connectivity index (χ4n) is 5.46. The zero-order valence-corrected chi connectivity index (χ0v) is 15.8. The number of para-hydroxylation sites is 1. The number of esters is 1. The number of carbonyl (C=O) groups excluding carboxylic acids is 2. The summed E-state index contributed by atoms with van der Waals surface area (Å²) in [5, 5.41) is 1.14. The minimum atomic E-state index is -0.549. The summed E-state index contributed by atoms with van der Waals surface area (Å²) in [4.78, 5) is 33.9. The average molecular weight is 367 g/mol. The fourth-order valence-corrected chi connectivity index (χ4v) is 5.46. The summed E-state index contributed by atoms with van der Waals surface area (Å²) >= 11 is 0. The molecule has 0 unspecified atom stereocenters. The van der Waals surface area contributed by atoms with Crippen molar-refractivity contribution < 1.29 is 14.3 Å². The van der Waals surface area contributed by atoms with E-state index in [1.54, 1.807) is 0 Å². The Balaban J connectivity index is 1.69. The molecule has 2 fully saturated rings. The summed E-state index contributed by atoms with van der Waals surface area (Å²) in [6, 6.07) is 7.71. The van der Waals surface area contributed by atoms with E-state index in [0.29, 0.717) is 12.5 Å². The van der Waals surface area contributed by atoms with Crippen molar-refractivity contribution in [2.45, 2.75) is 56.8 Å². The van der Waals surface area contributed by atoms with E-state index >= 15 is 0 Å². The lowest BCUT2D eigenvalue weighted by Gasteiger charge is -2.40. The minimum absolute atomic E-state index is 0.0848. The molecular formula is C21H25N3O3. The highest BCUT2D eigenvalue weighted by Crippen LogP contribution is 2.43. The number of carbonyl (C=O) groups is 2. The van der Waals surface area contributed by atoms with Crippen LogP contribution in [-0.4, -0.2) is 58.4 Å². The Morgan fingerprint density at radius 2 is 2.07 bits per heavy atom. The Labute approximate surface area is 158 Å². The van der Waals surface area contributed by atoms with Gasteiger partial charge in [0.05, 0.1) is 19.2 Å². The summed E-state index contributed by atoms with van der Waals surface area (Å²) < 4.78 is 5.11. The van der Waals surface area contributed by atoms with Crippen LogP contribution in [0.15, 0.2) is 24.3 Å². The first kappa shape index (κ1) is 16.8. The highest BCUT2D eigenvalue weighted by atomic mass is 16.5. The van der Waals surface area contributed by atoms with Crippen LogP contribution in [0.1, 0.15) is 43.5 Å². The van der Waals surface area contributed by atoms with Gasteiger partial charge >= 0.3 is 5.97 Å². The smallest absolute Gasteiger partial charge is 0.328 e. The predicted octanol–water partition coefficient (Wildman–Crippen LogP) is 2.39. The summed E-state index contributed by atoms with van der Waals surface area (Å²) in [6.45, 7) is 3.17. The molecule has 3 aliphatic rings. The highest BCUT2D eigenvalue weighted by Gasteiger charge is 2.50. The summed E-state index contributed by atoms with van der Waals surface area (Å²) in [7, 11) is 1.41. The Morgan fingerprint density at radius 3 is 2.89 bits per heavy atom. The molecular weight excluding hydrogens is 342 g/mol. The second kappa shape index (κ2) is 6.09. The zero-order chi connectivity index (χ0) is 18.7. The summed E-state index contributed by atoms with van der Waals surface area (Å²) in [6.07, 6.45) is 3.25. The van der Waals surface area contributed by atoms with Crippen LogP contribution in [-0.2, 0) is 20.7 Å². The van der Waals surface area contributed by atoms with Crippen LogP contribution in [0.3, 0.4) is 0 Å². The first-order chi connectivity index (χ1) is 13.1. The van der Waals surface area contributed by atoms with Gasteiger partial charge in [-0.1, -0.05) is 18.2 Å². The molecule has 4 heterocycles. The number of aromatic nitrogens is 1. The van der Waals surface area contributed by atoms with E-state index in [-0.39, 0.29) is 24.0 Å². The number of nitrogens with one attached hydrogen (secondary N) is 1. The summed E-state index contributed by atoms with van der Waals surface area (Å²) in [5.74, 6) is -0.232. The van der Waals surface area contributed by atoms with Gasteiger partial charge in [-0.05, 0) is 44.4 Å². The van der Waals surface area contributed by atoms with Crippen molar-refractivity contribution in [3.05, 3.63) is 35.5 Å². The number of amides is 1. The number of H-pyrrole nitrogens is 1. The van der Waals surface area contributed by atoms with Crippen LogP contribution in [0.2, 0.25) is 0 Å². The van der Waals surface area contributed by atoms with Gasteiger partial charge < -0.3 is 14.6 Å². The van der Waals surface area contributed by atoms with Crippen molar-refractivity contribution in [1.82, 2.24) is 14.8 Å². The van der Waals surface area contributed by atoms with E-state index < -0.39 is 6.04 Å². The Morgan fingerprint density at radius 1 is 1.26 bits per heavy atom. The number of ether oxygens (including phenoxy) is 1. The van der Waals surface area contributed by atoms with Gasteiger partial charge in [-0.15, -0.1) is 0 Å². The van der Waals surface area contributed by atoms with Crippen LogP contribution in [0.4, 0.5) is 0 Å². The van der Waals surface area contributed by atoms with Crippen LogP contribution in [0.5, 0.6) is 0 Å². The van der Waals surface area contributed by atoms with Crippen LogP contribution < -0.4 is 0 Å². The van der Waals surface area contributed by atoms with Gasteiger partial charge in [-0.3, -0.25) is 9.69 Å². The monoisotopic (exact) mass is 367 g/mol. The molecule has 6 nitrogen and oxygen atoms in total. The summed E-state index contributed by atoms with van der Waals surface area (Å²) in [5.41, 5.74) is 3.32. The third kappa shape index (κ3) is 2.35. The van der Waals surface area contributed by atoms with Gasteiger partial charge in [-0.2, -0.15) is 0 Å². The number of fused-ring (bicyclic) bond motifs is 6. The number of hydrogen-bond acceptors (Lipinski definition) is 4. The molecule has 6 heteroatoms. The van der Waals surface area contributed by atoms with E-state index in [9.17, 15) is 9.59 Å². The van der Waals surface area contributed by atoms with Crippen molar-refractivity contribution in [1.29, 1.82) is 0 Å². The molecule has 4 atom stereocenters.